The Balaban J connectivity index is 2.69. The molecule has 0 radical (unpaired) electrons. The smallest absolute Gasteiger partial charge is 0.289 e. The van der Waals surface area contributed by atoms with E-state index in [1.54, 1.807) is 0 Å². The van der Waals surface area contributed by atoms with Crippen LogP contribution >= 0.6 is 23.2 Å². The van der Waals surface area contributed by atoms with Crippen LogP contribution in [0.5, 0.6) is 0 Å². The molecular formula is C6Cl2F6O. The predicted molar refractivity (Wildman–Crippen MR) is 37.4 cm³/mol. The fourth-order valence-electron chi connectivity index (χ4n) is 1.24. The minimum absolute atomic E-state index is 2.60. The lowest BCUT2D eigenvalue weighted by atomic mass is 9.97. The van der Waals surface area contributed by atoms with Gasteiger partial charge in [-0.2, -0.15) is 8.78 Å². The Labute approximate surface area is 88.6 Å². The number of ether oxygens (including phenoxy) is 1. The molecule has 1 heterocycles. The zero-order valence-corrected chi connectivity index (χ0v) is 7.94. The van der Waals surface area contributed by atoms with Crippen molar-refractivity contribution < 1.29 is 31.1 Å². The molecule has 0 N–H and O–H groups in total. The third-order valence-corrected chi connectivity index (χ3v) is 3.23. The lowest BCUT2D eigenvalue weighted by Gasteiger charge is -2.32. The highest BCUT2D eigenvalue weighted by Gasteiger charge is 2.95. The molecule has 1 aliphatic carbocycles. The van der Waals surface area contributed by atoms with Crippen molar-refractivity contribution in [3.63, 3.8) is 0 Å². The minimum atomic E-state index is -4.41. The molecule has 1 saturated heterocycles. The first-order valence-electron chi connectivity index (χ1n) is 3.42. The Morgan fingerprint density at radius 2 is 1.40 bits per heavy atom. The fourth-order valence-corrected chi connectivity index (χ4v) is 1.69. The zero-order valence-electron chi connectivity index (χ0n) is 6.43. The van der Waals surface area contributed by atoms with Gasteiger partial charge in [-0.25, -0.2) is 17.6 Å². The lowest BCUT2D eigenvalue weighted by molar-refractivity contribution is -0.0521. The summed E-state index contributed by atoms with van der Waals surface area (Å²) >= 11 is 9.14. The summed E-state index contributed by atoms with van der Waals surface area (Å²) in [7, 11) is 0. The Hall–Kier alpha value is -0.140. The van der Waals surface area contributed by atoms with Gasteiger partial charge in [0.2, 0.25) is 5.83 Å². The largest absolute Gasteiger partial charge is 0.332 e. The van der Waals surface area contributed by atoms with Gasteiger partial charge < -0.3 is 0 Å². The number of fused-ring (bicyclic) bond motifs is 1. The highest BCUT2D eigenvalue weighted by molar-refractivity contribution is 6.35. The fraction of sp³-hybridized carbons (Fsp3) is 0.667. The number of halogens is 8. The molecule has 9 heteroatoms. The van der Waals surface area contributed by atoms with Crippen LogP contribution in [0.2, 0.25) is 0 Å². The Bertz CT molecular complexity index is 382. The number of hydrogen-bond acceptors (Lipinski definition) is 1. The van der Waals surface area contributed by atoms with E-state index in [-0.39, 0.29) is 0 Å². The van der Waals surface area contributed by atoms with Gasteiger partial charge in [-0.1, -0.05) is 23.2 Å². The van der Waals surface area contributed by atoms with Gasteiger partial charge in [0.1, 0.15) is 0 Å². The van der Waals surface area contributed by atoms with Crippen molar-refractivity contribution in [3.8, 4) is 0 Å². The van der Waals surface area contributed by atoms with E-state index in [0.717, 1.165) is 0 Å². The number of alkyl halides is 6. The van der Waals surface area contributed by atoms with Crippen molar-refractivity contribution in [2.75, 3.05) is 0 Å². The van der Waals surface area contributed by atoms with E-state index in [0.29, 0.717) is 0 Å². The number of epoxide rings is 1. The molecule has 15 heavy (non-hydrogen) atoms. The number of hydrogen-bond donors (Lipinski definition) is 0. The van der Waals surface area contributed by atoms with Gasteiger partial charge in [-0.15, -0.1) is 0 Å². The Kier molecular flexibility index (Phi) is 1.82. The van der Waals surface area contributed by atoms with Crippen molar-refractivity contribution in [3.05, 3.63) is 11.7 Å². The van der Waals surface area contributed by atoms with Gasteiger partial charge in [0, 0.05) is 0 Å². The summed E-state index contributed by atoms with van der Waals surface area (Å²) in [5.41, 5.74) is 0. The monoisotopic (exact) mass is 272 g/mol. The van der Waals surface area contributed by atoms with Crippen LogP contribution in [-0.2, 0) is 4.74 Å². The van der Waals surface area contributed by atoms with E-state index in [1.807, 2.05) is 0 Å². The van der Waals surface area contributed by atoms with Crippen molar-refractivity contribution in [2.45, 2.75) is 22.0 Å². The van der Waals surface area contributed by atoms with Crippen LogP contribution in [0.25, 0.3) is 0 Å². The van der Waals surface area contributed by atoms with Crippen LogP contribution in [0, 0.1) is 0 Å². The topological polar surface area (TPSA) is 12.5 Å². The second kappa shape index (κ2) is 2.41. The standard InChI is InChI=1S/C6Cl2F6O/c7-3(11)1(9)2(10)4(12)6(14,15-4)5(3,8)13/t3-,4?,5-,6?/m1/s1. The van der Waals surface area contributed by atoms with Crippen molar-refractivity contribution in [1.29, 1.82) is 0 Å². The average Bonchev–Trinajstić information content (AvgIpc) is 2.69. The second-order valence-electron chi connectivity index (χ2n) is 3.07. The molecule has 1 nitrogen and oxygen atoms in total. The van der Waals surface area contributed by atoms with E-state index >= 15 is 0 Å². The molecule has 2 aliphatic rings. The first-order valence-corrected chi connectivity index (χ1v) is 4.18. The van der Waals surface area contributed by atoms with Gasteiger partial charge in [0.15, 0.2) is 5.83 Å². The van der Waals surface area contributed by atoms with Crippen LogP contribution in [0.1, 0.15) is 0 Å². The molecule has 86 valence electrons. The van der Waals surface area contributed by atoms with Gasteiger partial charge in [-0.05, 0) is 0 Å². The second-order valence-corrected chi connectivity index (χ2v) is 4.11. The Morgan fingerprint density at radius 3 is 1.87 bits per heavy atom. The summed E-state index contributed by atoms with van der Waals surface area (Å²) in [6.45, 7) is 0. The summed E-state index contributed by atoms with van der Waals surface area (Å²) < 4.78 is 81.2. The number of rotatable bonds is 0. The first kappa shape index (κ1) is 11.3. The number of allylic oxidation sites excluding steroid dienone is 1. The molecule has 0 spiro atoms. The minimum Gasteiger partial charge on any atom is -0.289 e. The summed E-state index contributed by atoms with van der Waals surface area (Å²) in [5.74, 6) is -13.5. The van der Waals surface area contributed by atoms with E-state index in [4.69, 9.17) is 0 Å². The molecule has 0 aromatic heterocycles. The van der Waals surface area contributed by atoms with Crippen molar-refractivity contribution in [2.24, 2.45) is 0 Å². The van der Waals surface area contributed by atoms with Gasteiger partial charge >= 0.3 is 16.8 Å². The quantitative estimate of drug-likeness (QED) is 0.374. The van der Waals surface area contributed by atoms with E-state index in [9.17, 15) is 26.3 Å². The molecule has 1 aliphatic heterocycles. The van der Waals surface area contributed by atoms with Gasteiger partial charge in [0.25, 0.3) is 5.13 Å². The molecule has 4 atom stereocenters. The first-order chi connectivity index (χ1) is 6.52. The SMILES string of the molecule is FC1=C(F)[C@](F)(Cl)[C@](F)(Cl)C2(F)OC12F. The third kappa shape index (κ3) is 0.888. The molecule has 0 bridgehead atoms. The molecule has 2 unspecified atom stereocenters. The van der Waals surface area contributed by atoms with Gasteiger partial charge in [-0.3, -0.25) is 4.74 Å². The molecule has 1 fully saturated rings. The summed E-state index contributed by atoms with van der Waals surface area (Å²) in [6.07, 6.45) is 0. The van der Waals surface area contributed by atoms with Crippen LogP contribution in [0.4, 0.5) is 26.3 Å². The van der Waals surface area contributed by atoms with Crippen LogP contribution in [-0.4, -0.2) is 22.0 Å². The summed E-state index contributed by atoms with van der Waals surface area (Å²) in [5, 5.41) is -8.78. The highest BCUT2D eigenvalue weighted by Crippen LogP contribution is 2.72. The molecule has 0 aromatic rings. The molecule has 0 saturated carbocycles. The van der Waals surface area contributed by atoms with E-state index in [1.165, 1.54) is 0 Å². The normalized spacial score (nSPS) is 59.2. The van der Waals surface area contributed by atoms with Crippen molar-refractivity contribution >= 4 is 23.2 Å². The average molecular weight is 273 g/mol. The molecule has 0 amide bonds. The molecule has 0 aromatic carbocycles. The molecular weight excluding hydrogens is 273 g/mol. The van der Waals surface area contributed by atoms with E-state index < -0.39 is 33.6 Å². The third-order valence-electron chi connectivity index (χ3n) is 2.20. The van der Waals surface area contributed by atoms with Crippen LogP contribution in [0.3, 0.4) is 0 Å². The van der Waals surface area contributed by atoms with Crippen molar-refractivity contribution in [1.82, 2.24) is 0 Å². The lowest BCUT2D eigenvalue weighted by Crippen LogP contribution is -2.55. The maximum Gasteiger partial charge on any atom is 0.332 e. The predicted octanol–water partition coefficient (Wildman–Crippen LogP) is 3.32. The maximum absolute atomic E-state index is 13.2. The van der Waals surface area contributed by atoms with Crippen LogP contribution in [0.15, 0.2) is 11.7 Å². The van der Waals surface area contributed by atoms with Gasteiger partial charge in [0.05, 0.1) is 0 Å². The zero-order chi connectivity index (χ0) is 11.9. The summed E-state index contributed by atoms with van der Waals surface area (Å²) in [4.78, 5) is 0. The van der Waals surface area contributed by atoms with E-state index in [2.05, 4.69) is 27.9 Å². The Morgan fingerprint density at radius 1 is 0.933 bits per heavy atom. The van der Waals surface area contributed by atoms with Crippen LogP contribution < -0.4 is 0 Å². The maximum atomic E-state index is 13.2. The molecule has 2 rings (SSSR count). The highest BCUT2D eigenvalue weighted by atomic mass is 35.5. The summed E-state index contributed by atoms with van der Waals surface area (Å²) in [6, 6.07) is 0.